The van der Waals surface area contributed by atoms with Gasteiger partial charge in [0.05, 0.1) is 25.4 Å². The molecule has 2 heterocycles. The molecule has 0 aliphatic carbocycles. The van der Waals surface area contributed by atoms with Gasteiger partial charge in [0.1, 0.15) is 5.76 Å². The van der Waals surface area contributed by atoms with Crippen LogP contribution in [-0.4, -0.2) is 41.5 Å². The number of carbonyl (C=O) groups is 1. The number of hydrogen-bond acceptors (Lipinski definition) is 4. The number of nitrogens with zero attached hydrogens (tertiary/aromatic N) is 3. The molecule has 0 saturated carbocycles. The van der Waals surface area contributed by atoms with Crippen LogP contribution in [0.3, 0.4) is 0 Å². The highest BCUT2D eigenvalue weighted by molar-refractivity contribution is 9.10. The van der Waals surface area contributed by atoms with Crippen molar-refractivity contribution in [2.45, 2.75) is 33.5 Å². The Morgan fingerprint density at radius 1 is 1.46 bits per heavy atom. The topological polar surface area (TPSA) is 72.5 Å². The van der Waals surface area contributed by atoms with Crippen LogP contribution in [0.15, 0.2) is 21.2 Å². The summed E-state index contributed by atoms with van der Waals surface area (Å²) in [6, 6.07) is 3.48. The highest BCUT2D eigenvalue weighted by Gasteiger charge is 2.15. The minimum Gasteiger partial charge on any atom is -0.452 e. The number of urea groups is 1. The molecule has 0 aromatic carbocycles. The van der Waals surface area contributed by atoms with E-state index >= 15 is 0 Å². The number of rotatable bonds is 7. The lowest BCUT2D eigenvalue weighted by molar-refractivity contribution is 0.182. The third-order valence-electron chi connectivity index (χ3n) is 3.82. The number of carbonyl (C=O) groups excluding carboxylic acids is 1. The predicted octanol–water partition coefficient (Wildman–Crippen LogP) is 2.84. The lowest BCUT2D eigenvalue weighted by Gasteiger charge is -2.16. The summed E-state index contributed by atoms with van der Waals surface area (Å²) in [6.07, 6.45) is 0. The van der Waals surface area contributed by atoms with E-state index in [0.717, 1.165) is 22.7 Å². The molecule has 1 N–H and O–H groups in total. The first-order valence-corrected chi connectivity index (χ1v) is 8.46. The van der Waals surface area contributed by atoms with Gasteiger partial charge >= 0.3 is 6.03 Å². The molecule has 0 radical (unpaired) electrons. The maximum absolute atomic E-state index is 12.2. The first-order valence-electron chi connectivity index (χ1n) is 7.67. The van der Waals surface area contributed by atoms with Crippen LogP contribution in [0.2, 0.25) is 0 Å². The molecule has 2 rings (SSSR count). The Bertz CT molecular complexity index is 696. The number of furan rings is 1. The van der Waals surface area contributed by atoms with E-state index in [4.69, 9.17) is 9.15 Å². The summed E-state index contributed by atoms with van der Waals surface area (Å²) in [5.74, 6) is 0.722. The van der Waals surface area contributed by atoms with Crippen molar-refractivity contribution < 1.29 is 13.9 Å². The number of methoxy groups -OCH3 is 1. The molecule has 0 aliphatic heterocycles. The van der Waals surface area contributed by atoms with E-state index < -0.39 is 0 Å². The van der Waals surface area contributed by atoms with Gasteiger partial charge in [0.15, 0.2) is 4.67 Å². The van der Waals surface area contributed by atoms with Gasteiger partial charge in [0.2, 0.25) is 0 Å². The molecule has 132 valence electrons. The molecule has 0 bridgehead atoms. The Morgan fingerprint density at radius 2 is 2.21 bits per heavy atom. The van der Waals surface area contributed by atoms with E-state index in [1.165, 1.54) is 0 Å². The highest BCUT2D eigenvalue weighted by Crippen LogP contribution is 2.16. The molecule has 2 aromatic rings. The van der Waals surface area contributed by atoms with E-state index in [2.05, 4.69) is 26.3 Å². The van der Waals surface area contributed by atoms with Crippen molar-refractivity contribution in [3.8, 4) is 0 Å². The van der Waals surface area contributed by atoms with Crippen LogP contribution in [0.25, 0.3) is 0 Å². The molecule has 8 heteroatoms. The van der Waals surface area contributed by atoms with Crippen LogP contribution in [0.5, 0.6) is 0 Å². The van der Waals surface area contributed by atoms with Crippen LogP contribution in [0, 0.1) is 13.8 Å². The van der Waals surface area contributed by atoms with Crippen LogP contribution in [-0.2, 0) is 24.4 Å². The first kappa shape index (κ1) is 18.5. The fourth-order valence-electron chi connectivity index (χ4n) is 2.43. The van der Waals surface area contributed by atoms with Crippen LogP contribution >= 0.6 is 15.9 Å². The lowest BCUT2D eigenvalue weighted by Crippen LogP contribution is -2.36. The van der Waals surface area contributed by atoms with Gasteiger partial charge in [-0.25, -0.2) is 4.79 Å². The normalized spacial score (nSPS) is 10.9. The Labute approximate surface area is 150 Å². The Kier molecular flexibility index (Phi) is 6.44. The highest BCUT2D eigenvalue weighted by atomic mass is 79.9. The zero-order valence-corrected chi connectivity index (χ0v) is 16.0. The number of aromatic nitrogens is 2. The number of amides is 2. The number of halogens is 1. The van der Waals surface area contributed by atoms with Crippen molar-refractivity contribution >= 4 is 22.0 Å². The second kappa shape index (κ2) is 8.34. The lowest BCUT2D eigenvalue weighted by atomic mass is 10.2. The SMILES string of the molecule is COCCn1nc(C)c(CNC(=O)N(C)Cc2ccc(Br)o2)c1C. The van der Waals surface area contributed by atoms with Crippen LogP contribution in [0.1, 0.15) is 22.7 Å². The summed E-state index contributed by atoms with van der Waals surface area (Å²) in [5.41, 5.74) is 3.00. The van der Waals surface area contributed by atoms with Crippen molar-refractivity contribution in [1.82, 2.24) is 20.0 Å². The number of hydrogen-bond donors (Lipinski definition) is 1. The van der Waals surface area contributed by atoms with Gasteiger partial charge < -0.3 is 19.4 Å². The van der Waals surface area contributed by atoms with Gasteiger partial charge in [0.25, 0.3) is 0 Å². The van der Waals surface area contributed by atoms with Crippen LogP contribution in [0.4, 0.5) is 4.79 Å². The third-order valence-corrected chi connectivity index (χ3v) is 4.25. The summed E-state index contributed by atoms with van der Waals surface area (Å²) in [7, 11) is 3.40. The molecular formula is C16H23BrN4O3. The van der Waals surface area contributed by atoms with Crippen molar-refractivity contribution in [2.24, 2.45) is 0 Å². The molecule has 0 atom stereocenters. The largest absolute Gasteiger partial charge is 0.452 e. The van der Waals surface area contributed by atoms with Crippen molar-refractivity contribution in [3.63, 3.8) is 0 Å². The summed E-state index contributed by atoms with van der Waals surface area (Å²) >= 11 is 3.25. The summed E-state index contributed by atoms with van der Waals surface area (Å²) in [5, 5.41) is 7.42. The standard InChI is InChI=1S/C16H23BrN4O3/c1-11-14(12(2)21(19-11)7-8-23-4)9-18-16(22)20(3)10-13-5-6-15(17)24-13/h5-6H,7-10H2,1-4H3,(H,18,22). The van der Waals surface area contributed by atoms with E-state index in [0.29, 0.717) is 30.9 Å². The second-order valence-corrected chi connectivity index (χ2v) is 6.37. The van der Waals surface area contributed by atoms with Gasteiger partial charge in [-0.15, -0.1) is 0 Å². The molecule has 0 fully saturated rings. The second-order valence-electron chi connectivity index (χ2n) is 5.59. The summed E-state index contributed by atoms with van der Waals surface area (Å²) in [6.45, 7) is 6.10. The molecule has 0 spiro atoms. The maximum Gasteiger partial charge on any atom is 0.317 e. The first-order chi connectivity index (χ1) is 11.4. The third kappa shape index (κ3) is 4.61. The zero-order valence-electron chi connectivity index (χ0n) is 14.4. The van der Waals surface area contributed by atoms with Gasteiger partial charge in [-0.3, -0.25) is 4.68 Å². The quantitative estimate of drug-likeness (QED) is 0.777. The Hall–Kier alpha value is -1.80. The van der Waals surface area contributed by atoms with Gasteiger partial charge in [-0.05, 0) is 41.9 Å². The van der Waals surface area contributed by atoms with Crippen LogP contribution < -0.4 is 5.32 Å². The summed E-state index contributed by atoms with van der Waals surface area (Å²) in [4.78, 5) is 13.8. The van der Waals surface area contributed by atoms with Gasteiger partial charge in [-0.2, -0.15) is 5.10 Å². The molecule has 2 aromatic heterocycles. The van der Waals surface area contributed by atoms with E-state index in [9.17, 15) is 4.79 Å². The molecule has 0 saturated heterocycles. The average molecular weight is 399 g/mol. The van der Waals surface area contributed by atoms with Gasteiger partial charge in [0, 0.05) is 32.0 Å². The minimum absolute atomic E-state index is 0.161. The zero-order chi connectivity index (χ0) is 17.7. The van der Waals surface area contributed by atoms with E-state index in [1.54, 1.807) is 19.1 Å². The van der Waals surface area contributed by atoms with E-state index in [1.807, 2.05) is 30.7 Å². The molecule has 2 amide bonds. The molecule has 7 nitrogen and oxygen atoms in total. The molecule has 0 aliphatic rings. The van der Waals surface area contributed by atoms with Gasteiger partial charge in [-0.1, -0.05) is 0 Å². The number of ether oxygens (including phenoxy) is 1. The predicted molar refractivity (Wildman–Crippen MR) is 93.7 cm³/mol. The molecule has 24 heavy (non-hydrogen) atoms. The average Bonchev–Trinajstić information content (AvgIpc) is 3.06. The number of aryl methyl sites for hydroxylation is 1. The van der Waals surface area contributed by atoms with Crippen molar-refractivity contribution in [3.05, 3.63) is 39.5 Å². The molecule has 0 unspecified atom stereocenters. The molecular weight excluding hydrogens is 376 g/mol. The number of nitrogens with one attached hydrogen (secondary N) is 1. The Balaban J connectivity index is 1.92. The monoisotopic (exact) mass is 398 g/mol. The van der Waals surface area contributed by atoms with E-state index in [-0.39, 0.29) is 6.03 Å². The van der Waals surface area contributed by atoms with Crippen molar-refractivity contribution in [2.75, 3.05) is 20.8 Å². The van der Waals surface area contributed by atoms with Crippen molar-refractivity contribution in [1.29, 1.82) is 0 Å². The maximum atomic E-state index is 12.2. The fraction of sp³-hybridized carbons (Fsp3) is 0.500. The smallest absolute Gasteiger partial charge is 0.317 e. The Morgan fingerprint density at radius 3 is 2.83 bits per heavy atom. The summed E-state index contributed by atoms with van der Waals surface area (Å²) < 4.78 is 13.1. The fourth-order valence-corrected chi connectivity index (χ4v) is 2.77. The minimum atomic E-state index is -0.161.